The van der Waals surface area contributed by atoms with Crippen LogP contribution >= 0.6 is 11.3 Å². The summed E-state index contributed by atoms with van der Waals surface area (Å²) < 4.78 is 11.6. The smallest absolute Gasteiger partial charge is 0.307 e. The van der Waals surface area contributed by atoms with Gasteiger partial charge in [0, 0.05) is 50.2 Å². The Morgan fingerprint density at radius 2 is 1.69 bits per heavy atom. The summed E-state index contributed by atoms with van der Waals surface area (Å²) in [5.41, 5.74) is 6.12. The highest BCUT2D eigenvalue weighted by molar-refractivity contribution is 7.09. The summed E-state index contributed by atoms with van der Waals surface area (Å²) in [7, 11) is 3.50. The Balaban J connectivity index is 1.96. The first-order valence-corrected chi connectivity index (χ1v) is 22.4. The van der Waals surface area contributed by atoms with Gasteiger partial charge >= 0.3 is 11.9 Å². The van der Waals surface area contributed by atoms with Gasteiger partial charge in [-0.3, -0.25) is 39.1 Å². The molecule has 4 amide bonds. The predicted octanol–water partition coefficient (Wildman–Crippen LogP) is 4.88. The zero-order valence-electron chi connectivity index (χ0n) is 37.6. The first-order valence-electron chi connectivity index (χ1n) is 21.5. The van der Waals surface area contributed by atoms with Crippen LogP contribution in [-0.2, 0) is 39.9 Å². The number of rotatable bonds is 23. The Morgan fingerprint density at radius 3 is 2.28 bits per heavy atom. The molecule has 1 fully saturated rings. The molecule has 16 nitrogen and oxygen atoms in total. The molecule has 1 aromatic carbocycles. The number of benzene rings is 1. The first kappa shape index (κ1) is 50.7. The molecule has 3 rings (SSSR count). The second-order valence-corrected chi connectivity index (χ2v) is 17.9. The number of hydrogen-bond acceptors (Lipinski definition) is 13. The Labute approximate surface area is 365 Å². The summed E-state index contributed by atoms with van der Waals surface area (Å²) >= 11 is 1.12. The molecule has 2 aromatic rings. The quantitative estimate of drug-likeness (QED) is 0.0576. The molecule has 7 atom stereocenters. The van der Waals surface area contributed by atoms with E-state index in [1.165, 1.54) is 11.8 Å². The van der Waals surface area contributed by atoms with Crippen LogP contribution in [0.3, 0.4) is 0 Å². The molecule has 2 heterocycles. The molecule has 0 spiro atoms. The molecule has 0 bridgehead atoms. The summed E-state index contributed by atoms with van der Waals surface area (Å²) in [6, 6.07) is 4.13. The van der Waals surface area contributed by atoms with Gasteiger partial charge in [0.1, 0.15) is 22.5 Å². The third kappa shape index (κ3) is 16.0. The van der Waals surface area contributed by atoms with E-state index in [4.69, 9.17) is 9.47 Å². The highest BCUT2D eigenvalue weighted by Gasteiger charge is 2.39. The number of phenolic OH excluding ortho intramolecular Hbond substituents is 1. The zero-order chi connectivity index (χ0) is 45.4. The summed E-state index contributed by atoms with van der Waals surface area (Å²) in [6.45, 7) is 14.9. The SMILES string of the molecule is CCC(C)[C@H](NC(=O)[C@H]1CCCCN1C)C(=O)N(COC(=O)CC(C)C)[C@H](C[C@@H](OC(C)=O)c1nc(C(=O)N[C@@H](Cc2ccc(O)cc2)C[C@H](C)C(=O)NNC)cs1)C(C)C. The number of hydrogen-bond donors (Lipinski definition) is 5. The molecule has 5 N–H and O–H groups in total. The van der Waals surface area contributed by atoms with Crippen molar-refractivity contribution in [1.29, 1.82) is 0 Å². The molecular formula is C44H69N7O9S. The van der Waals surface area contributed by atoms with E-state index in [1.54, 1.807) is 43.6 Å². The summed E-state index contributed by atoms with van der Waals surface area (Å²) in [6.07, 6.45) is 3.03. The standard InChI is InChI=1S/C44H69N7O9S/c1-11-28(6)39(48-42(57)35-14-12-13-19-50(35)10)44(58)51(25-59-38(54)20-26(2)3)36(27(4)5)23-37(60-30(8)52)43-47-34(24-61-43)41(56)46-32(21-29(7)40(55)49-45-9)22-31-15-17-33(53)18-16-31/h15-18,24,26-29,32,35-37,39,45,53H,11-14,19-23,25H2,1-10H3,(H,46,56)(H,48,57)(H,49,55)/t28?,29-,32+,35+,36+,37+,39-/m0/s1. The second kappa shape index (κ2) is 24.7. The highest BCUT2D eigenvalue weighted by atomic mass is 32.1. The van der Waals surface area contributed by atoms with Gasteiger partial charge in [0.2, 0.25) is 17.7 Å². The van der Waals surface area contributed by atoms with Gasteiger partial charge in [0.15, 0.2) is 12.8 Å². The predicted molar refractivity (Wildman–Crippen MR) is 233 cm³/mol. The molecule has 1 saturated heterocycles. The van der Waals surface area contributed by atoms with Crippen molar-refractivity contribution in [2.75, 3.05) is 27.4 Å². The minimum atomic E-state index is -0.997. The third-order valence-corrected chi connectivity index (χ3v) is 12.1. The molecule has 61 heavy (non-hydrogen) atoms. The van der Waals surface area contributed by atoms with E-state index in [0.717, 1.165) is 36.3 Å². The zero-order valence-corrected chi connectivity index (χ0v) is 38.4. The van der Waals surface area contributed by atoms with Crippen LogP contribution in [0.1, 0.15) is 127 Å². The normalized spacial score (nSPS) is 17.3. The number of amides is 4. The number of carbonyl (C=O) groups is 6. The van der Waals surface area contributed by atoms with Gasteiger partial charge < -0.3 is 30.1 Å². The van der Waals surface area contributed by atoms with Crippen molar-refractivity contribution in [3.63, 3.8) is 0 Å². The maximum Gasteiger partial charge on any atom is 0.307 e. The molecule has 17 heteroatoms. The maximum atomic E-state index is 14.9. The summed E-state index contributed by atoms with van der Waals surface area (Å²) in [5.74, 6) is -3.35. The number of hydrazine groups is 1. The largest absolute Gasteiger partial charge is 0.508 e. The number of ether oxygens (including phenoxy) is 2. The lowest BCUT2D eigenvalue weighted by molar-refractivity contribution is -0.161. The number of nitrogens with one attached hydrogen (secondary N) is 4. The van der Waals surface area contributed by atoms with Crippen molar-refractivity contribution in [2.45, 2.75) is 137 Å². The lowest BCUT2D eigenvalue weighted by atomic mass is 9.92. The second-order valence-electron chi connectivity index (χ2n) is 17.0. The van der Waals surface area contributed by atoms with Crippen molar-refractivity contribution in [1.82, 2.24) is 36.3 Å². The van der Waals surface area contributed by atoms with Gasteiger partial charge in [-0.1, -0.05) is 73.4 Å². The van der Waals surface area contributed by atoms with Crippen molar-refractivity contribution >= 4 is 46.9 Å². The number of phenols is 1. The number of esters is 2. The maximum absolute atomic E-state index is 14.9. The molecule has 1 aromatic heterocycles. The molecule has 0 radical (unpaired) electrons. The number of carbonyl (C=O) groups excluding carboxylic acids is 6. The summed E-state index contributed by atoms with van der Waals surface area (Å²) in [4.78, 5) is 88.7. The fraction of sp³-hybridized carbons (Fsp3) is 0.659. The van der Waals surface area contributed by atoms with Crippen LogP contribution in [-0.4, -0.2) is 107 Å². The fourth-order valence-corrected chi connectivity index (χ4v) is 8.28. The van der Waals surface area contributed by atoms with Crippen LogP contribution < -0.4 is 21.5 Å². The number of aromatic hydroxyl groups is 1. The van der Waals surface area contributed by atoms with E-state index >= 15 is 0 Å². The number of thiazole rings is 1. The number of likely N-dealkylation sites (N-methyl/N-ethyl adjacent to an activating group) is 1. The van der Waals surface area contributed by atoms with Crippen LogP contribution in [0.5, 0.6) is 5.75 Å². The highest BCUT2D eigenvalue weighted by Crippen LogP contribution is 2.32. The average Bonchev–Trinajstić information content (AvgIpc) is 3.70. The Hall–Kier alpha value is -4.61. The lowest BCUT2D eigenvalue weighted by Gasteiger charge is -2.39. The average molecular weight is 872 g/mol. The van der Waals surface area contributed by atoms with Gasteiger partial charge in [0.05, 0.1) is 6.04 Å². The minimum absolute atomic E-state index is 0.0196. The van der Waals surface area contributed by atoms with Crippen molar-refractivity contribution in [2.24, 2.45) is 23.7 Å². The van der Waals surface area contributed by atoms with Crippen LogP contribution in [0.2, 0.25) is 0 Å². The van der Waals surface area contributed by atoms with Gasteiger partial charge in [-0.05, 0) is 74.7 Å². The van der Waals surface area contributed by atoms with Gasteiger partial charge in [-0.15, -0.1) is 11.3 Å². The van der Waals surface area contributed by atoms with E-state index in [0.29, 0.717) is 30.7 Å². The minimum Gasteiger partial charge on any atom is -0.508 e. The van der Waals surface area contributed by atoms with Crippen LogP contribution in [0.25, 0.3) is 0 Å². The van der Waals surface area contributed by atoms with Crippen molar-refractivity contribution in [3.8, 4) is 5.75 Å². The van der Waals surface area contributed by atoms with Gasteiger partial charge in [0.25, 0.3) is 5.91 Å². The van der Waals surface area contributed by atoms with Crippen LogP contribution in [0.4, 0.5) is 0 Å². The molecule has 1 unspecified atom stereocenters. The molecule has 340 valence electrons. The molecule has 1 aliphatic heterocycles. The van der Waals surface area contributed by atoms with Crippen molar-refractivity contribution < 1.29 is 43.3 Å². The van der Waals surface area contributed by atoms with Crippen LogP contribution in [0.15, 0.2) is 29.6 Å². The first-order chi connectivity index (χ1) is 28.8. The molecule has 1 aliphatic rings. The van der Waals surface area contributed by atoms with Crippen molar-refractivity contribution in [3.05, 3.63) is 45.9 Å². The van der Waals surface area contributed by atoms with E-state index in [9.17, 15) is 33.9 Å². The summed E-state index contributed by atoms with van der Waals surface area (Å²) in [5, 5.41) is 17.8. The van der Waals surface area contributed by atoms with E-state index in [-0.39, 0.29) is 66.6 Å². The Bertz CT molecular complexity index is 1750. The third-order valence-electron chi connectivity index (χ3n) is 11.1. The molecular weight excluding hydrogens is 803 g/mol. The van der Waals surface area contributed by atoms with Gasteiger partial charge in [-0.2, -0.15) is 0 Å². The Kier molecular flexibility index (Phi) is 20.6. The number of nitrogens with zero attached hydrogens (tertiary/aromatic N) is 3. The van der Waals surface area contributed by atoms with E-state index < -0.39 is 53.9 Å². The van der Waals surface area contributed by atoms with Crippen LogP contribution in [0, 0.1) is 23.7 Å². The fourth-order valence-electron chi connectivity index (χ4n) is 7.44. The molecule has 0 aliphatic carbocycles. The number of piperidine rings is 1. The molecule has 0 saturated carbocycles. The van der Waals surface area contributed by atoms with E-state index in [2.05, 4.69) is 26.5 Å². The lowest BCUT2D eigenvalue weighted by Crippen LogP contribution is -2.59. The number of aromatic nitrogens is 1. The van der Waals surface area contributed by atoms with E-state index in [1.807, 2.05) is 53.5 Å². The monoisotopic (exact) mass is 871 g/mol. The topological polar surface area (TPSA) is 209 Å². The number of likely N-dealkylation sites (tertiary alicyclic amines) is 1. The Morgan fingerprint density at radius 1 is 1.00 bits per heavy atom. The van der Waals surface area contributed by atoms with Gasteiger partial charge in [-0.25, -0.2) is 10.4 Å².